The van der Waals surface area contributed by atoms with E-state index in [4.69, 9.17) is 28.4 Å². The Morgan fingerprint density at radius 1 is 0.925 bits per heavy atom. The molecule has 0 aliphatic carbocycles. The molecule has 8 nitrogen and oxygen atoms in total. The topological polar surface area (TPSA) is 89.5 Å². The quantitative estimate of drug-likeness (QED) is 0.245. The second-order valence-corrected chi connectivity index (χ2v) is 11.0. The fraction of sp³-hybridized carbons (Fsp3) is 0.500. The van der Waals surface area contributed by atoms with Gasteiger partial charge in [0.1, 0.15) is 24.9 Å². The fourth-order valence-corrected chi connectivity index (χ4v) is 4.16. The third-order valence-electron chi connectivity index (χ3n) is 6.54. The monoisotopic (exact) mass is 554 g/mol. The summed E-state index contributed by atoms with van der Waals surface area (Å²) in [5, 5.41) is 0. The van der Waals surface area contributed by atoms with Crippen LogP contribution in [0.4, 0.5) is 0 Å². The van der Waals surface area contributed by atoms with Gasteiger partial charge >= 0.3 is 11.9 Å². The maximum atomic E-state index is 13.0. The van der Waals surface area contributed by atoms with Gasteiger partial charge in [-0.2, -0.15) is 0 Å². The second-order valence-electron chi connectivity index (χ2n) is 11.0. The average molecular weight is 555 g/mol. The van der Waals surface area contributed by atoms with Gasteiger partial charge in [-0.3, -0.25) is 9.59 Å². The van der Waals surface area contributed by atoms with Crippen molar-refractivity contribution in [3.63, 3.8) is 0 Å². The summed E-state index contributed by atoms with van der Waals surface area (Å²) in [6.07, 6.45) is -2.38. The van der Waals surface area contributed by atoms with Gasteiger partial charge in [-0.1, -0.05) is 73.7 Å². The van der Waals surface area contributed by atoms with Crippen LogP contribution in [-0.4, -0.2) is 56.4 Å². The number of hydrogen-bond donors (Lipinski definition) is 0. The zero-order valence-corrected chi connectivity index (χ0v) is 24.1. The largest absolute Gasteiger partial charge is 0.462 e. The third kappa shape index (κ3) is 9.27. The Kier molecular flexibility index (Phi) is 11.9. The molecule has 2 aromatic carbocycles. The van der Waals surface area contributed by atoms with Crippen LogP contribution in [-0.2, 0) is 51.2 Å². The molecule has 0 amide bonds. The Hall–Kier alpha value is -3.04. The number of ether oxygens (including phenoxy) is 6. The maximum absolute atomic E-state index is 13.0. The molecule has 0 bridgehead atoms. The molecule has 3 rings (SSSR count). The lowest BCUT2D eigenvalue weighted by Gasteiger charge is -2.45. The van der Waals surface area contributed by atoms with Crippen LogP contribution in [0.5, 0.6) is 0 Å². The Morgan fingerprint density at radius 3 is 1.98 bits per heavy atom. The molecule has 1 aliphatic heterocycles. The van der Waals surface area contributed by atoms with E-state index in [-0.39, 0.29) is 32.2 Å². The van der Waals surface area contributed by atoms with Crippen molar-refractivity contribution in [2.24, 2.45) is 11.3 Å². The van der Waals surface area contributed by atoms with E-state index in [0.717, 1.165) is 11.1 Å². The minimum absolute atomic E-state index is 0.0882. The zero-order valence-electron chi connectivity index (χ0n) is 24.1. The van der Waals surface area contributed by atoms with Crippen molar-refractivity contribution in [3.8, 4) is 0 Å². The number of benzene rings is 2. The summed E-state index contributed by atoms with van der Waals surface area (Å²) in [7, 11) is 1.51. The molecular formula is C32H42O8. The van der Waals surface area contributed by atoms with Gasteiger partial charge in [0.2, 0.25) is 0 Å². The molecule has 0 saturated carbocycles. The van der Waals surface area contributed by atoms with Crippen molar-refractivity contribution in [2.45, 2.75) is 78.0 Å². The number of esters is 2. The van der Waals surface area contributed by atoms with Crippen molar-refractivity contribution < 1.29 is 38.0 Å². The summed E-state index contributed by atoms with van der Waals surface area (Å²) in [6, 6.07) is 19.4. The van der Waals surface area contributed by atoms with E-state index in [9.17, 15) is 9.59 Å². The summed E-state index contributed by atoms with van der Waals surface area (Å²) in [4.78, 5) is 25.6. The fourth-order valence-electron chi connectivity index (χ4n) is 4.16. The maximum Gasteiger partial charge on any atom is 0.311 e. The lowest BCUT2D eigenvalue weighted by Crippen LogP contribution is -2.62. The summed E-state index contributed by atoms with van der Waals surface area (Å²) >= 11 is 0. The normalized spacial score (nSPS) is 23.7. The predicted octanol–water partition coefficient (Wildman–Crippen LogP) is 5.24. The van der Waals surface area contributed by atoms with Crippen molar-refractivity contribution in [2.75, 3.05) is 13.7 Å². The van der Waals surface area contributed by atoms with Crippen LogP contribution in [0.3, 0.4) is 0 Å². The van der Waals surface area contributed by atoms with Gasteiger partial charge in [0, 0.05) is 7.11 Å². The van der Waals surface area contributed by atoms with E-state index in [1.54, 1.807) is 26.8 Å². The predicted molar refractivity (Wildman–Crippen MR) is 150 cm³/mol. The number of carbonyl (C=O) groups is 2. The smallest absolute Gasteiger partial charge is 0.311 e. The molecule has 218 valence electrons. The van der Waals surface area contributed by atoms with E-state index in [1.807, 2.05) is 67.6 Å². The van der Waals surface area contributed by atoms with E-state index < -0.39 is 48.1 Å². The Bertz CT molecular complexity index is 1070. The van der Waals surface area contributed by atoms with E-state index >= 15 is 0 Å². The molecular weight excluding hydrogens is 512 g/mol. The first-order valence-electron chi connectivity index (χ1n) is 13.6. The molecule has 1 aliphatic rings. The number of methoxy groups -OCH3 is 1. The molecule has 1 saturated heterocycles. The molecule has 0 spiro atoms. The molecule has 2 aromatic rings. The summed E-state index contributed by atoms with van der Waals surface area (Å²) in [6.45, 7) is 11.3. The molecule has 0 aromatic heterocycles. The molecule has 40 heavy (non-hydrogen) atoms. The number of rotatable bonds is 13. The van der Waals surface area contributed by atoms with Crippen molar-refractivity contribution in [3.05, 3.63) is 84.4 Å². The van der Waals surface area contributed by atoms with Gasteiger partial charge in [-0.15, -0.1) is 6.58 Å². The van der Waals surface area contributed by atoms with E-state index in [0.29, 0.717) is 0 Å². The van der Waals surface area contributed by atoms with Crippen LogP contribution >= 0.6 is 0 Å². The van der Waals surface area contributed by atoms with Gasteiger partial charge in [0.05, 0.1) is 25.0 Å². The van der Waals surface area contributed by atoms with Crippen molar-refractivity contribution in [1.82, 2.24) is 0 Å². The first-order valence-corrected chi connectivity index (χ1v) is 13.6. The second kappa shape index (κ2) is 15.1. The standard InChI is InChI=1S/C32H42O8/c1-7-22(2)18-26(33)40-27-25(21-38-31(34)32(3,4)5)39-30(35-6)29(37-20-24-16-12-9-13-17-24)28(27)36-19-23-14-10-8-11-15-23/h7-17,22,25,27-30H,1,18-21H2,2-6H3/t22-,25-,27-,28+,29-,30+/m1/s1. The van der Waals surface area contributed by atoms with Gasteiger partial charge < -0.3 is 28.4 Å². The SMILES string of the molecule is C=C[C@@H](C)CC(=O)O[C@H]1[C@H](OCc2ccccc2)[C@@H](OCc2ccccc2)[C@@H](OC)O[C@@H]1COC(=O)C(C)(C)C. The van der Waals surface area contributed by atoms with Gasteiger partial charge in [0.15, 0.2) is 12.4 Å². The highest BCUT2D eigenvalue weighted by atomic mass is 16.7. The summed E-state index contributed by atoms with van der Waals surface area (Å²) < 4.78 is 36.3. The highest BCUT2D eigenvalue weighted by Gasteiger charge is 2.50. The Balaban J connectivity index is 1.92. The lowest BCUT2D eigenvalue weighted by molar-refractivity contribution is -0.316. The number of hydrogen-bond acceptors (Lipinski definition) is 8. The Labute approximate surface area is 237 Å². The van der Waals surface area contributed by atoms with E-state index in [1.165, 1.54) is 7.11 Å². The highest BCUT2D eigenvalue weighted by molar-refractivity contribution is 5.75. The van der Waals surface area contributed by atoms with Crippen LogP contribution in [0.15, 0.2) is 73.3 Å². The van der Waals surface area contributed by atoms with Gasteiger partial charge in [0.25, 0.3) is 0 Å². The summed E-state index contributed by atoms with van der Waals surface area (Å²) in [5.74, 6) is -0.937. The van der Waals surface area contributed by atoms with Crippen LogP contribution in [0.25, 0.3) is 0 Å². The van der Waals surface area contributed by atoms with Crippen LogP contribution in [0.1, 0.15) is 45.2 Å². The molecule has 8 heteroatoms. The molecule has 1 fully saturated rings. The zero-order chi connectivity index (χ0) is 29.1. The van der Waals surface area contributed by atoms with E-state index in [2.05, 4.69) is 6.58 Å². The first kappa shape index (κ1) is 31.5. The number of allylic oxidation sites excluding steroid dienone is 1. The first-order chi connectivity index (χ1) is 19.1. The van der Waals surface area contributed by atoms with Crippen LogP contribution in [0.2, 0.25) is 0 Å². The molecule has 0 radical (unpaired) electrons. The van der Waals surface area contributed by atoms with Crippen LogP contribution < -0.4 is 0 Å². The van der Waals surface area contributed by atoms with Crippen molar-refractivity contribution in [1.29, 1.82) is 0 Å². The third-order valence-corrected chi connectivity index (χ3v) is 6.54. The van der Waals surface area contributed by atoms with Crippen LogP contribution in [0, 0.1) is 11.3 Å². The average Bonchev–Trinajstić information content (AvgIpc) is 2.94. The Morgan fingerprint density at radius 2 is 1.48 bits per heavy atom. The number of carbonyl (C=O) groups excluding carboxylic acids is 2. The van der Waals surface area contributed by atoms with Gasteiger partial charge in [-0.25, -0.2) is 0 Å². The lowest BCUT2D eigenvalue weighted by atomic mass is 9.96. The molecule has 0 N–H and O–H groups in total. The molecule has 6 atom stereocenters. The van der Waals surface area contributed by atoms with Gasteiger partial charge in [-0.05, 0) is 37.8 Å². The summed E-state index contributed by atoms with van der Waals surface area (Å²) in [5.41, 5.74) is 1.17. The minimum atomic E-state index is -0.937. The van der Waals surface area contributed by atoms with Crippen molar-refractivity contribution >= 4 is 11.9 Å². The highest BCUT2D eigenvalue weighted by Crippen LogP contribution is 2.31. The minimum Gasteiger partial charge on any atom is -0.462 e. The molecule has 1 heterocycles. The molecule has 0 unspecified atom stereocenters.